The van der Waals surface area contributed by atoms with Crippen LogP contribution in [0.3, 0.4) is 0 Å². The lowest BCUT2D eigenvalue weighted by Gasteiger charge is -2.08. The molecule has 0 fully saturated rings. The molecule has 0 bridgehead atoms. The van der Waals surface area contributed by atoms with Crippen molar-refractivity contribution in [2.24, 2.45) is 0 Å². The second kappa shape index (κ2) is 4.18. The number of aromatic nitrogens is 2. The number of carbonyl (C=O) groups is 1. The van der Waals surface area contributed by atoms with Crippen molar-refractivity contribution in [3.63, 3.8) is 0 Å². The molecule has 16 heavy (non-hydrogen) atoms. The third kappa shape index (κ3) is 1.82. The summed E-state index contributed by atoms with van der Waals surface area (Å²) < 4.78 is 1.71. The molecule has 1 N–H and O–H groups in total. The monoisotopic (exact) mass is 216 g/mol. The first kappa shape index (κ1) is 10.4. The Kier molecular flexibility index (Phi) is 2.72. The summed E-state index contributed by atoms with van der Waals surface area (Å²) in [4.78, 5) is 15.0. The fraction of sp³-hybridized carbons (Fsp3) is 0.167. The molecule has 2 aromatic rings. The molecule has 0 atom stereocenters. The molecule has 1 aromatic heterocycles. The molecule has 0 aliphatic rings. The van der Waals surface area contributed by atoms with E-state index in [2.05, 4.69) is 4.98 Å². The largest absolute Gasteiger partial charge is 0.478 e. The number of aromatic carboxylic acids is 1. The molecular weight excluding hydrogens is 204 g/mol. The maximum absolute atomic E-state index is 11.1. The minimum atomic E-state index is -0.925. The van der Waals surface area contributed by atoms with Gasteiger partial charge in [-0.05, 0) is 24.1 Å². The first-order chi connectivity index (χ1) is 7.72. The van der Waals surface area contributed by atoms with Gasteiger partial charge in [0.2, 0.25) is 0 Å². The Hall–Kier alpha value is -2.10. The lowest BCUT2D eigenvalue weighted by Crippen LogP contribution is -2.05. The molecule has 0 saturated carbocycles. The molecule has 0 saturated heterocycles. The van der Waals surface area contributed by atoms with Crippen molar-refractivity contribution in [2.75, 3.05) is 0 Å². The van der Waals surface area contributed by atoms with E-state index >= 15 is 0 Å². The Balaban J connectivity index is 2.59. The summed E-state index contributed by atoms with van der Waals surface area (Å²) in [5, 5.41) is 9.09. The second-order valence-corrected chi connectivity index (χ2v) is 3.48. The van der Waals surface area contributed by atoms with Gasteiger partial charge in [-0.1, -0.05) is 13.0 Å². The van der Waals surface area contributed by atoms with E-state index < -0.39 is 5.97 Å². The first-order valence-electron chi connectivity index (χ1n) is 5.07. The zero-order valence-electron chi connectivity index (χ0n) is 8.92. The molecule has 0 amide bonds. The van der Waals surface area contributed by atoms with Crippen LogP contribution in [0, 0.1) is 0 Å². The summed E-state index contributed by atoms with van der Waals surface area (Å²) >= 11 is 0. The van der Waals surface area contributed by atoms with Gasteiger partial charge in [-0.25, -0.2) is 9.78 Å². The highest BCUT2D eigenvalue weighted by Gasteiger charge is 2.11. The smallest absolute Gasteiger partial charge is 0.337 e. The van der Waals surface area contributed by atoms with E-state index in [4.69, 9.17) is 5.11 Å². The summed E-state index contributed by atoms with van der Waals surface area (Å²) in [5.74, 6) is -0.925. The quantitative estimate of drug-likeness (QED) is 0.855. The zero-order valence-corrected chi connectivity index (χ0v) is 8.92. The van der Waals surface area contributed by atoms with Crippen LogP contribution < -0.4 is 0 Å². The van der Waals surface area contributed by atoms with Crippen molar-refractivity contribution in [2.45, 2.75) is 13.3 Å². The number of carboxylic acids is 1. The fourth-order valence-electron chi connectivity index (χ4n) is 1.59. The number of hydrogen-bond acceptors (Lipinski definition) is 2. The SMILES string of the molecule is CCc1ccc(C(=O)O)c(-n2ccnc2)c1. The predicted octanol–water partition coefficient (Wildman–Crippen LogP) is 2.13. The molecule has 0 radical (unpaired) electrons. The van der Waals surface area contributed by atoms with E-state index in [-0.39, 0.29) is 5.56 Å². The summed E-state index contributed by atoms with van der Waals surface area (Å²) in [6.07, 6.45) is 5.84. The van der Waals surface area contributed by atoms with Crippen LogP contribution in [0.4, 0.5) is 0 Å². The average Bonchev–Trinajstić information content (AvgIpc) is 2.81. The topological polar surface area (TPSA) is 55.1 Å². The lowest BCUT2D eigenvalue weighted by molar-refractivity contribution is 0.0697. The minimum absolute atomic E-state index is 0.287. The highest BCUT2D eigenvalue weighted by Crippen LogP contribution is 2.17. The predicted molar refractivity (Wildman–Crippen MR) is 59.9 cm³/mol. The number of imidazole rings is 1. The van der Waals surface area contributed by atoms with E-state index in [1.165, 1.54) is 0 Å². The van der Waals surface area contributed by atoms with Gasteiger partial charge in [0.05, 0.1) is 17.6 Å². The molecule has 2 rings (SSSR count). The molecule has 0 aliphatic carbocycles. The molecular formula is C12H12N2O2. The molecule has 0 spiro atoms. The van der Waals surface area contributed by atoms with E-state index in [0.29, 0.717) is 5.69 Å². The number of nitrogens with zero attached hydrogens (tertiary/aromatic N) is 2. The van der Waals surface area contributed by atoms with Gasteiger partial charge in [-0.3, -0.25) is 0 Å². The maximum atomic E-state index is 11.1. The normalized spacial score (nSPS) is 10.3. The first-order valence-corrected chi connectivity index (χ1v) is 5.07. The van der Waals surface area contributed by atoms with E-state index in [1.54, 1.807) is 29.4 Å². The van der Waals surface area contributed by atoms with Gasteiger partial charge >= 0.3 is 5.97 Å². The van der Waals surface area contributed by atoms with Gasteiger partial charge in [0.15, 0.2) is 0 Å². The van der Waals surface area contributed by atoms with Crippen molar-refractivity contribution in [3.05, 3.63) is 48.0 Å². The molecule has 82 valence electrons. The number of benzene rings is 1. The van der Waals surface area contributed by atoms with Crippen LogP contribution in [0.2, 0.25) is 0 Å². The van der Waals surface area contributed by atoms with E-state index in [9.17, 15) is 4.79 Å². The number of hydrogen-bond donors (Lipinski definition) is 1. The van der Waals surface area contributed by atoms with Crippen LogP contribution in [-0.2, 0) is 6.42 Å². The van der Waals surface area contributed by atoms with Gasteiger partial charge in [-0.2, -0.15) is 0 Å². The van der Waals surface area contributed by atoms with Crippen molar-refractivity contribution in [1.29, 1.82) is 0 Å². The van der Waals surface area contributed by atoms with Crippen LogP contribution in [-0.4, -0.2) is 20.6 Å². The minimum Gasteiger partial charge on any atom is -0.478 e. The van der Waals surface area contributed by atoms with Crippen LogP contribution in [0.25, 0.3) is 5.69 Å². The van der Waals surface area contributed by atoms with E-state index in [1.807, 2.05) is 19.1 Å². The maximum Gasteiger partial charge on any atom is 0.337 e. The molecule has 0 aliphatic heterocycles. The highest BCUT2D eigenvalue weighted by molar-refractivity contribution is 5.92. The fourth-order valence-corrected chi connectivity index (χ4v) is 1.59. The Bertz CT molecular complexity index is 504. The van der Waals surface area contributed by atoms with Gasteiger partial charge in [-0.15, -0.1) is 0 Å². The lowest BCUT2D eigenvalue weighted by atomic mass is 10.1. The second-order valence-electron chi connectivity index (χ2n) is 3.48. The Morgan fingerprint density at radius 1 is 1.50 bits per heavy atom. The summed E-state index contributed by atoms with van der Waals surface area (Å²) in [6, 6.07) is 5.35. The standard InChI is InChI=1S/C12H12N2O2/c1-2-9-3-4-10(12(15)16)11(7-9)14-6-5-13-8-14/h3-8H,2H2,1H3,(H,15,16). The third-order valence-corrected chi connectivity index (χ3v) is 2.48. The third-order valence-electron chi connectivity index (χ3n) is 2.48. The summed E-state index contributed by atoms with van der Waals surface area (Å²) in [7, 11) is 0. The van der Waals surface area contributed by atoms with Crippen LogP contribution in [0.1, 0.15) is 22.8 Å². The van der Waals surface area contributed by atoms with Crippen LogP contribution in [0.5, 0.6) is 0 Å². The Labute approximate surface area is 93.2 Å². The molecule has 1 aromatic carbocycles. The number of rotatable bonds is 3. The molecule has 4 nitrogen and oxygen atoms in total. The molecule has 0 unspecified atom stereocenters. The summed E-state index contributed by atoms with van der Waals surface area (Å²) in [6.45, 7) is 2.04. The van der Waals surface area contributed by atoms with Crippen molar-refractivity contribution >= 4 is 5.97 Å². The number of carboxylic acid groups (broad SMARTS) is 1. The van der Waals surface area contributed by atoms with Crippen LogP contribution in [0.15, 0.2) is 36.9 Å². The molecule has 4 heteroatoms. The Morgan fingerprint density at radius 2 is 2.31 bits per heavy atom. The van der Waals surface area contributed by atoms with Gasteiger partial charge in [0, 0.05) is 12.4 Å². The zero-order chi connectivity index (χ0) is 11.5. The number of aryl methyl sites for hydroxylation is 1. The van der Waals surface area contributed by atoms with Crippen molar-refractivity contribution < 1.29 is 9.90 Å². The highest BCUT2D eigenvalue weighted by atomic mass is 16.4. The van der Waals surface area contributed by atoms with Gasteiger partial charge < -0.3 is 9.67 Å². The van der Waals surface area contributed by atoms with E-state index in [0.717, 1.165) is 12.0 Å². The average molecular weight is 216 g/mol. The van der Waals surface area contributed by atoms with Crippen LogP contribution >= 0.6 is 0 Å². The van der Waals surface area contributed by atoms with Gasteiger partial charge in [0.1, 0.15) is 0 Å². The Morgan fingerprint density at radius 3 is 2.88 bits per heavy atom. The molecule has 1 heterocycles. The van der Waals surface area contributed by atoms with Crippen molar-refractivity contribution in [3.8, 4) is 5.69 Å². The van der Waals surface area contributed by atoms with Gasteiger partial charge in [0.25, 0.3) is 0 Å². The van der Waals surface area contributed by atoms with Crippen molar-refractivity contribution in [1.82, 2.24) is 9.55 Å². The summed E-state index contributed by atoms with van der Waals surface area (Å²) in [5.41, 5.74) is 2.05.